The van der Waals surface area contributed by atoms with E-state index in [0.717, 1.165) is 4.31 Å². The molecule has 1 aliphatic heterocycles. The van der Waals surface area contributed by atoms with E-state index in [0.29, 0.717) is 11.3 Å². The molecule has 1 fully saturated rings. The van der Waals surface area contributed by atoms with Crippen LogP contribution in [-0.4, -0.2) is 31.7 Å². The second-order valence-corrected chi connectivity index (χ2v) is 7.55. The molecule has 3 rings (SSSR count). The molecule has 2 heterocycles. The molecule has 9 heteroatoms. The Balaban J connectivity index is 1.76. The molecule has 0 bridgehead atoms. The first-order chi connectivity index (χ1) is 11.9. The van der Waals surface area contributed by atoms with E-state index in [4.69, 9.17) is 4.42 Å². The number of halogens is 1. The molecule has 134 valence electrons. The summed E-state index contributed by atoms with van der Waals surface area (Å²) in [5, 5.41) is 2.68. The molecule has 25 heavy (non-hydrogen) atoms. The second kappa shape index (κ2) is 6.95. The van der Waals surface area contributed by atoms with Crippen LogP contribution in [0, 0.1) is 5.82 Å². The lowest BCUT2D eigenvalue weighted by molar-refractivity contribution is -0.125. The highest BCUT2D eigenvalue weighted by Crippen LogP contribution is 2.28. The molecule has 1 aromatic heterocycles. The minimum absolute atomic E-state index is 0.171. The van der Waals surface area contributed by atoms with Gasteiger partial charge in [0.25, 0.3) is 10.2 Å². The van der Waals surface area contributed by atoms with Gasteiger partial charge in [0, 0.05) is 13.1 Å². The first-order valence-electron chi connectivity index (χ1n) is 7.67. The molecule has 0 unspecified atom stereocenters. The first-order valence-corrected chi connectivity index (χ1v) is 9.11. The molecule has 1 amide bonds. The van der Waals surface area contributed by atoms with Crippen molar-refractivity contribution in [1.82, 2.24) is 14.3 Å². The number of likely N-dealkylation sites (N-methyl/N-ethyl adjacent to an activating group) is 1. The monoisotopic (exact) mass is 367 g/mol. The van der Waals surface area contributed by atoms with Crippen LogP contribution in [0.1, 0.15) is 23.8 Å². The van der Waals surface area contributed by atoms with Crippen molar-refractivity contribution in [3.63, 3.8) is 0 Å². The summed E-state index contributed by atoms with van der Waals surface area (Å²) in [6.45, 7) is 0.171. The molecule has 2 N–H and O–H groups in total. The Labute approximate surface area is 145 Å². The van der Waals surface area contributed by atoms with Gasteiger partial charge in [-0.3, -0.25) is 4.79 Å². The van der Waals surface area contributed by atoms with Gasteiger partial charge < -0.3 is 9.73 Å². The average Bonchev–Trinajstić information content (AvgIpc) is 3.09. The minimum Gasteiger partial charge on any atom is -0.467 e. The van der Waals surface area contributed by atoms with Crippen LogP contribution in [0.5, 0.6) is 0 Å². The number of amides is 1. The minimum atomic E-state index is -3.83. The van der Waals surface area contributed by atoms with Crippen LogP contribution in [0.25, 0.3) is 0 Å². The smallest absolute Gasteiger partial charge is 0.280 e. The van der Waals surface area contributed by atoms with E-state index in [1.54, 1.807) is 12.1 Å². The van der Waals surface area contributed by atoms with E-state index in [2.05, 4.69) is 10.0 Å². The second-order valence-electron chi connectivity index (χ2n) is 5.79. The molecule has 0 aliphatic carbocycles. The lowest BCUT2D eigenvalue weighted by Crippen LogP contribution is -2.57. The van der Waals surface area contributed by atoms with Gasteiger partial charge in [0.05, 0.1) is 12.8 Å². The van der Waals surface area contributed by atoms with Crippen molar-refractivity contribution in [2.24, 2.45) is 0 Å². The van der Waals surface area contributed by atoms with Gasteiger partial charge in [-0.2, -0.15) is 17.4 Å². The summed E-state index contributed by atoms with van der Waals surface area (Å²) in [6.07, 6.45) is 1.72. The zero-order valence-electron chi connectivity index (χ0n) is 13.5. The summed E-state index contributed by atoms with van der Waals surface area (Å²) in [4.78, 5) is 12.5. The largest absolute Gasteiger partial charge is 0.467 e. The highest BCUT2D eigenvalue weighted by Gasteiger charge is 2.40. The van der Waals surface area contributed by atoms with Crippen molar-refractivity contribution < 1.29 is 22.0 Å². The number of rotatable bonds is 4. The van der Waals surface area contributed by atoms with Crippen molar-refractivity contribution in [1.29, 1.82) is 0 Å². The third-order valence-corrected chi connectivity index (χ3v) is 5.76. The summed E-state index contributed by atoms with van der Waals surface area (Å²) in [5.74, 6) is -0.258. The molecular formula is C16H18FN3O4S. The third-order valence-electron chi connectivity index (χ3n) is 4.16. The fraction of sp³-hybridized carbons (Fsp3) is 0.312. The highest BCUT2D eigenvalue weighted by molar-refractivity contribution is 7.87. The summed E-state index contributed by atoms with van der Waals surface area (Å²) in [5.41, 5.74) is 0.599. The maximum absolute atomic E-state index is 13.1. The third kappa shape index (κ3) is 3.89. The normalized spacial score (nSPS) is 23.3. The quantitative estimate of drug-likeness (QED) is 0.852. The molecule has 2 atom stereocenters. The number of furan rings is 1. The predicted octanol–water partition coefficient (Wildman–Crippen LogP) is 1.31. The van der Waals surface area contributed by atoms with Crippen molar-refractivity contribution in [3.05, 3.63) is 59.8 Å². The van der Waals surface area contributed by atoms with Gasteiger partial charge in [-0.05, 0) is 36.2 Å². The van der Waals surface area contributed by atoms with Gasteiger partial charge in [-0.15, -0.1) is 0 Å². The van der Waals surface area contributed by atoms with Crippen molar-refractivity contribution in [2.45, 2.75) is 25.0 Å². The maximum Gasteiger partial charge on any atom is 0.280 e. The molecule has 2 aromatic rings. The van der Waals surface area contributed by atoms with Crippen LogP contribution in [-0.2, 0) is 21.5 Å². The van der Waals surface area contributed by atoms with Gasteiger partial charge in [0.15, 0.2) is 0 Å². The molecule has 0 saturated carbocycles. The number of hydrogen-bond acceptors (Lipinski definition) is 4. The van der Waals surface area contributed by atoms with Crippen LogP contribution >= 0.6 is 0 Å². The molecule has 7 nitrogen and oxygen atoms in total. The van der Waals surface area contributed by atoms with Crippen LogP contribution in [0.2, 0.25) is 0 Å². The molecule has 1 saturated heterocycles. The van der Waals surface area contributed by atoms with E-state index >= 15 is 0 Å². The Morgan fingerprint density at radius 3 is 2.72 bits per heavy atom. The zero-order valence-corrected chi connectivity index (χ0v) is 14.3. The Hall–Kier alpha value is -2.23. The highest BCUT2D eigenvalue weighted by atomic mass is 32.2. The van der Waals surface area contributed by atoms with Gasteiger partial charge in [-0.1, -0.05) is 12.1 Å². The van der Waals surface area contributed by atoms with Gasteiger partial charge in [0.2, 0.25) is 5.91 Å². The predicted molar refractivity (Wildman–Crippen MR) is 87.9 cm³/mol. The van der Waals surface area contributed by atoms with Crippen molar-refractivity contribution in [2.75, 3.05) is 7.05 Å². The molecule has 1 aliphatic rings. The fourth-order valence-electron chi connectivity index (χ4n) is 2.73. The Bertz CT molecular complexity index is 837. The summed E-state index contributed by atoms with van der Waals surface area (Å²) in [6, 6.07) is 7.45. The molecule has 0 radical (unpaired) electrons. The number of benzene rings is 1. The van der Waals surface area contributed by atoms with Crippen LogP contribution in [0.4, 0.5) is 4.39 Å². The fourth-order valence-corrected chi connectivity index (χ4v) is 4.00. The molecular weight excluding hydrogens is 349 g/mol. The van der Waals surface area contributed by atoms with Crippen molar-refractivity contribution >= 4 is 16.1 Å². The number of nitrogens with one attached hydrogen (secondary N) is 2. The molecule has 1 aromatic carbocycles. The van der Waals surface area contributed by atoms with Crippen LogP contribution < -0.4 is 10.0 Å². The Kier molecular flexibility index (Phi) is 4.89. The lowest BCUT2D eigenvalue weighted by Gasteiger charge is -2.36. The SMILES string of the molecule is CN1[C@@H](C(=O)NCc2ccco2)C[C@@H](c2ccc(F)cc2)NS1(=O)=O. The van der Waals surface area contributed by atoms with Gasteiger partial charge >= 0.3 is 0 Å². The Morgan fingerprint density at radius 2 is 2.08 bits per heavy atom. The Morgan fingerprint density at radius 1 is 1.36 bits per heavy atom. The van der Waals surface area contributed by atoms with Crippen LogP contribution in [0.3, 0.4) is 0 Å². The lowest BCUT2D eigenvalue weighted by atomic mass is 9.99. The zero-order chi connectivity index (χ0) is 18.0. The van der Waals surface area contributed by atoms with E-state index in [9.17, 15) is 17.6 Å². The average molecular weight is 367 g/mol. The number of hydrogen-bond donors (Lipinski definition) is 2. The van der Waals surface area contributed by atoms with Crippen LogP contribution in [0.15, 0.2) is 47.1 Å². The number of nitrogens with zero attached hydrogens (tertiary/aromatic N) is 1. The summed E-state index contributed by atoms with van der Waals surface area (Å²) < 4.78 is 46.4. The van der Waals surface area contributed by atoms with Gasteiger partial charge in [-0.25, -0.2) is 4.39 Å². The van der Waals surface area contributed by atoms with E-state index < -0.39 is 34.0 Å². The topological polar surface area (TPSA) is 91.7 Å². The van der Waals surface area contributed by atoms with E-state index in [1.807, 2.05) is 0 Å². The maximum atomic E-state index is 13.1. The van der Waals surface area contributed by atoms with E-state index in [1.165, 1.54) is 37.6 Å². The van der Waals surface area contributed by atoms with Gasteiger partial charge in [0.1, 0.15) is 17.6 Å². The number of carbonyl (C=O) groups excluding carboxylic acids is 1. The van der Waals surface area contributed by atoms with Crippen molar-refractivity contribution in [3.8, 4) is 0 Å². The first kappa shape index (κ1) is 17.6. The molecule has 0 spiro atoms. The standard InChI is InChI=1S/C16H18FN3O4S/c1-20-15(16(21)18-10-13-3-2-8-24-13)9-14(19-25(20,22)23)11-4-6-12(17)7-5-11/h2-8,14-15,19H,9-10H2,1H3,(H,18,21)/t14-,15+/m0/s1. The summed E-state index contributed by atoms with van der Waals surface area (Å²) >= 11 is 0. The van der Waals surface area contributed by atoms with E-state index in [-0.39, 0.29) is 13.0 Å². The summed E-state index contributed by atoms with van der Waals surface area (Å²) in [7, 11) is -2.48. The number of carbonyl (C=O) groups is 1.